The van der Waals surface area contributed by atoms with Gasteiger partial charge in [-0.1, -0.05) is 13.0 Å². The number of nitrogens with one attached hydrogen (secondary N) is 2. The molecule has 18 heavy (non-hydrogen) atoms. The number of methoxy groups -OCH3 is 1. The molecule has 0 aromatic heterocycles. The van der Waals surface area contributed by atoms with Crippen LogP contribution >= 0.6 is 7.55 Å². The summed E-state index contributed by atoms with van der Waals surface area (Å²) in [5, 5.41) is 0. The molecular formula is C12H18N4OP+. The number of ether oxygens (including phenoxy) is 1. The van der Waals surface area contributed by atoms with Crippen molar-refractivity contribution in [1.29, 1.82) is 0 Å². The van der Waals surface area contributed by atoms with Gasteiger partial charge in [-0.25, -0.2) is 5.43 Å². The van der Waals surface area contributed by atoms with E-state index in [-0.39, 0.29) is 0 Å². The number of hydrazine groups is 1. The summed E-state index contributed by atoms with van der Waals surface area (Å²) in [5.41, 5.74) is 9.03. The summed E-state index contributed by atoms with van der Waals surface area (Å²) in [5.74, 6) is 1.39. The van der Waals surface area contributed by atoms with Crippen molar-refractivity contribution >= 4 is 25.3 Å². The number of fused-ring (bicyclic) bond motifs is 1. The van der Waals surface area contributed by atoms with Crippen LogP contribution in [0.4, 0.5) is 0 Å². The lowest BCUT2D eigenvalue weighted by Crippen LogP contribution is -2.44. The third kappa shape index (κ3) is 2.46. The molecule has 0 aliphatic carbocycles. The lowest BCUT2D eigenvalue weighted by Gasteiger charge is -2.15. The minimum atomic E-state index is -0.503. The van der Waals surface area contributed by atoms with Gasteiger partial charge >= 0.3 is 5.58 Å². The molecule has 2 heterocycles. The van der Waals surface area contributed by atoms with Crippen LogP contribution in [0, 0.1) is 0 Å². The largest absolute Gasteiger partial charge is 0.481 e. The van der Waals surface area contributed by atoms with Gasteiger partial charge in [-0.05, 0) is 18.4 Å². The first kappa shape index (κ1) is 12.8. The molecule has 0 saturated heterocycles. The second kappa shape index (κ2) is 5.36. The predicted octanol–water partition coefficient (Wildman–Crippen LogP) is 1.95. The second-order valence-electron chi connectivity index (χ2n) is 4.10. The molecular weight excluding hydrogens is 247 g/mol. The van der Waals surface area contributed by atoms with Crippen molar-refractivity contribution in [3.8, 4) is 0 Å². The Bertz CT molecular complexity index is 502. The Kier molecular flexibility index (Phi) is 3.82. The quantitative estimate of drug-likeness (QED) is 0.767. The Morgan fingerprint density at radius 3 is 2.83 bits per heavy atom. The van der Waals surface area contributed by atoms with Crippen molar-refractivity contribution in [2.24, 2.45) is 9.98 Å². The molecule has 0 bridgehead atoms. The number of nitrogens with zero attached hydrogens (tertiary/aromatic N) is 2. The summed E-state index contributed by atoms with van der Waals surface area (Å²) >= 11 is 0. The minimum absolute atomic E-state index is 0.503. The van der Waals surface area contributed by atoms with Crippen molar-refractivity contribution in [1.82, 2.24) is 10.9 Å². The maximum Gasteiger partial charge on any atom is 0.326 e. The number of rotatable bonds is 3. The number of hydrogen-bond donors (Lipinski definition) is 2. The number of aliphatic imine (C=N–C) groups is 2. The van der Waals surface area contributed by atoms with Gasteiger partial charge in [0.25, 0.3) is 0 Å². The third-order valence-corrected chi connectivity index (χ3v) is 3.74. The topological polar surface area (TPSA) is 58.0 Å². The lowest BCUT2D eigenvalue weighted by molar-refractivity contribution is 0.281. The highest BCUT2D eigenvalue weighted by atomic mass is 31.1. The van der Waals surface area contributed by atoms with Gasteiger partial charge in [-0.15, -0.1) is 0 Å². The van der Waals surface area contributed by atoms with Crippen LogP contribution in [-0.4, -0.2) is 31.5 Å². The molecule has 2 rings (SSSR count). The Balaban J connectivity index is 2.38. The van der Waals surface area contributed by atoms with Gasteiger partial charge < -0.3 is 4.74 Å². The van der Waals surface area contributed by atoms with E-state index in [0.717, 1.165) is 24.1 Å². The molecule has 0 saturated carbocycles. The monoisotopic (exact) mass is 265 g/mol. The first-order valence-electron chi connectivity index (χ1n) is 5.85. The maximum absolute atomic E-state index is 5.33. The SMILES string of the molecule is C=[P+](C)C1=NC2=CCC(CC)=C(OC)N=C2NN1. The average molecular weight is 265 g/mol. The normalized spacial score (nSPS) is 19.5. The zero-order chi connectivity index (χ0) is 13.1. The molecule has 2 N–H and O–H groups in total. The molecule has 1 unspecified atom stereocenters. The van der Waals surface area contributed by atoms with Crippen molar-refractivity contribution in [3.63, 3.8) is 0 Å². The summed E-state index contributed by atoms with van der Waals surface area (Å²) < 4.78 is 5.33. The molecule has 96 valence electrons. The van der Waals surface area contributed by atoms with Crippen LogP contribution in [0.25, 0.3) is 0 Å². The van der Waals surface area contributed by atoms with Gasteiger partial charge in [0, 0.05) is 0 Å². The zero-order valence-corrected chi connectivity index (χ0v) is 11.8. The molecule has 2 aliphatic rings. The summed E-state index contributed by atoms with van der Waals surface area (Å²) in [6.07, 6.45) is 7.83. The average Bonchev–Trinajstić information content (AvgIpc) is 2.56. The standard InChI is InChI=1S/C12H18N4OP/c1-5-8-6-7-9-10(14-11(8)17-2)15-16-12(13-9)18(3)4/h7H,3,5-6H2,1-2,4H3,(H,13,16)(H,14,15)/q+1. The lowest BCUT2D eigenvalue weighted by atomic mass is 10.1. The van der Waals surface area contributed by atoms with Crippen LogP contribution < -0.4 is 10.9 Å². The number of amidine groups is 2. The Hall–Kier alpha value is -1.61. The van der Waals surface area contributed by atoms with Crippen LogP contribution in [0.1, 0.15) is 19.8 Å². The molecule has 0 radical (unpaired) electrons. The van der Waals surface area contributed by atoms with Gasteiger partial charge in [0.05, 0.1) is 13.4 Å². The predicted molar refractivity (Wildman–Crippen MR) is 78.1 cm³/mol. The van der Waals surface area contributed by atoms with Crippen molar-refractivity contribution < 1.29 is 4.74 Å². The van der Waals surface area contributed by atoms with E-state index in [1.165, 1.54) is 5.57 Å². The van der Waals surface area contributed by atoms with Gasteiger partial charge in [0.15, 0.2) is 13.4 Å². The van der Waals surface area contributed by atoms with Crippen LogP contribution in [0.2, 0.25) is 0 Å². The van der Waals surface area contributed by atoms with E-state index >= 15 is 0 Å². The first-order valence-corrected chi connectivity index (χ1v) is 7.83. The maximum atomic E-state index is 5.33. The highest BCUT2D eigenvalue weighted by molar-refractivity contribution is 7.72. The molecule has 0 aromatic rings. The highest BCUT2D eigenvalue weighted by Crippen LogP contribution is 2.24. The number of allylic oxidation sites excluding steroid dienone is 2. The van der Waals surface area contributed by atoms with Crippen LogP contribution in [-0.2, 0) is 4.74 Å². The summed E-state index contributed by atoms with van der Waals surface area (Å²) in [7, 11) is 1.14. The van der Waals surface area contributed by atoms with Gasteiger partial charge in [-0.3, -0.25) is 5.43 Å². The minimum Gasteiger partial charge on any atom is -0.481 e. The summed E-state index contributed by atoms with van der Waals surface area (Å²) in [6.45, 7) is 4.15. The molecule has 0 amide bonds. The Morgan fingerprint density at radius 2 is 2.22 bits per heavy atom. The van der Waals surface area contributed by atoms with Crippen molar-refractivity contribution in [2.45, 2.75) is 19.8 Å². The van der Waals surface area contributed by atoms with E-state index in [0.29, 0.717) is 11.7 Å². The second-order valence-corrected chi connectivity index (χ2v) is 5.92. The third-order valence-electron chi connectivity index (χ3n) is 2.80. The molecule has 0 fully saturated rings. The van der Waals surface area contributed by atoms with E-state index in [1.807, 2.05) is 0 Å². The fourth-order valence-corrected chi connectivity index (χ4v) is 2.28. The van der Waals surface area contributed by atoms with E-state index in [4.69, 9.17) is 4.74 Å². The highest BCUT2D eigenvalue weighted by Gasteiger charge is 2.23. The summed E-state index contributed by atoms with van der Waals surface area (Å²) in [6, 6.07) is 0. The van der Waals surface area contributed by atoms with Crippen molar-refractivity contribution in [2.75, 3.05) is 13.8 Å². The smallest absolute Gasteiger partial charge is 0.326 e. The van der Waals surface area contributed by atoms with Gasteiger partial charge in [0.1, 0.15) is 12.4 Å². The van der Waals surface area contributed by atoms with E-state index in [1.54, 1.807) is 7.11 Å². The molecule has 6 heteroatoms. The number of hydrogen-bond acceptors (Lipinski definition) is 5. The van der Waals surface area contributed by atoms with E-state index in [2.05, 4.69) is 46.8 Å². The molecule has 5 nitrogen and oxygen atoms in total. The van der Waals surface area contributed by atoms with E-state index < -0.39 is 7.55 Å². The van der Waals surface area contributed by atoms with Crippen LogP contribution in [0.5, 0.6) is 0 Å². The fourth-order valence-electron chi connectivity index (χ4n) is 1.76. The van der Waals surface area contributed by atoms with E-state index in [9.17, 15) is 0 Å². The van der Waals surface area contributed by atoms with Gasteiger partial charge in [-0.2, -0.15) is 9.98 Å². The van der Waals surface area contributed by atoms with Crippen LogP contribution in [0.15, 0.2) is 33.2 Å². The molecule has 0 spiro atoms. The molecule has 1 atom stereocenters. The fraction of sp³-hybridized carbons (Fsp3) is 0.417. The first-order chi connectivity index (χ1) is 8.65. The zero-order valence-electron chi connectivity index (χ0n) is 10.9. The Morgan fingerprint density at radius 1 is 1.44 bits per heavy atom. The van der Waals surface area contributed by atoms with Crippen LogP contribution in [0.3, 0.4) is 0 Å². The summed E-state index contributed by atoms with van der Waals surface area (Å²) in [4.78, 5) is 9.03. The molecule has 0 aromatic carbocycles. The van der Waals surface area contributed by atoms with Crippen molar-refractivity contribution in [3.05, 3.63) is 23.2 Å². The Labute approximate surface area is 108 Å². The van der Waals surface area contributed by atoms with Gasteiger partial charge in [0.2, 0.25) is 5.88 Å². The molecule has 2 aliphatic heterocycles.